The monoisotopic (exact) mass is 436 g/mol. The number of carbonyl (C=O) groups excluding carboxylic acids is 1. The van der Waals surface area contributed by atoms with Crippen molar-refractivity contribution in [2.75, 3.05) is 12.4 Å². The van der Waals surface area contributed by atoms with Crippen LogP contribution in [0.2, 0.25) is 0 Å². The van der Waals surface area contributed by atoms with Crippen LogP contribution in [-0.4, -0.2) is 24.2 Å². The van der Waals surface area contributed by atoms with Gasteiger partial charge in [-0.05, 0) is 77.9 Å². The predicted octanol–water partition coefficient (Wildman–Crippen LogP) is 4.76. The van der Waals surface area contributed by atoms with E-state index in [1.807, 2.05) is 32.0 Å². The first-order valence-corrected chi connectivity index (χ1v) is 9.35. The molecule has 1 atom stereocenters. The third kappa shape index (κ3) is 5.71. The molecule has 0 spiro atoms. The first-order chi connectivity index (χ1) is 12.4. The van der Waals surface area contributed by atoms with Gasteiger partial charge in [-0.3, -0.25) is 10.1 Å². The number of benzene rings is 2. The van der Waals surface area contributed by atoms with Crippen LogP contribution >= 0.6 is 28.1 Å². The summed E-state index contributed by atoms with van der Waals surface area (Å²) < 4.78 is 11.7. The lowest BCUT2D eigenvalue weighted by atomic mass is 10.2. The van der Waals surface area contributed by atoms with E-state index in [1.54, 1.807) is 31.4 Å². The van der Waals surface area contributed by atoms with Crippen molar-refractivity contribution in [1.82, 2.24) is 5.32 Å². The van der Waals surface area contributed by atoms with E-state index in [0.29, 0.717) is 17.1 Å². The highest BCUT2D eigenvalue weighted by Crippen LogP contribution is 2.27. The van der Waals surface area contributed by atoms with E-state index in [2.05, 4.69) is 26.6 Å². The van der Waals surface area contributed by atoms with Gasteiger partial charge in [0.05, 0.1) is 17.7 Å². The summed E-state index contributed by atoms with van der Waals surface area (Å²) >= 11 is 8.63. The van der Waals surface area contributed by atoms with Crippen LogP contribution in [-0.2, 0) is 0 Å². The third-order valence-corrected chi connectivity index (χ3v) is 4.47. The van der Waals surface area contributed by atoms with Crippen LogP contribution < -0.4 is 20.1 Å². The molecule has 1 amide bonds. The maximum Gasteiger partial charge on any atom is 0.257 e. The summed E-state index contributed by atoms with van der Waals surface area (Å²) in [7, 11) is 1.59. The van der Waals surface area contributed by atoms with Crippen molar-refractivity contribution in [2.45, 2.75) is 26.4 Å². The van der Waals surface area contributed by atoms with Gasteiger partial charge in [0.15, 0.2) is 5.11 Å². The fraction of sp³-hybridized carbons (Fsp3) is 0.263. The molecule has 0 saturated heterocycles. The minimum atomic E-state index is -0.301. The van der Waals surface area contributed by atoms with Crippen LogP contribution in [0.15, 0.2) is 46.9 Å². The largest absolute Gasteiger partial charge is 0.496 e. The molecule has 2 aromatic carbocycles. The van der Waals surface area contributed by atoms with Crippen LogP contribution in [0.4, 0.5) is 5.69 Å². The molecule has 138 valence electrons. The van der Waals surface area contributed by atoms with Crippen molar-refractivity contribution in [3.63, 3.8) is 0 Å². The molecule has 0 aliphatic heterocycles. The molecule has 0 aliphatic carbocycles. The van der Waals surface area contributed by atoms with Crippen LogP contribution in [0.25, 0.3) is 0 Å². The molecule has 7 heteroatoms. The zero-order chi connectivity index (χ0) is 19.1. The molecule has 0 saturated carbocycles. The maximum absolute atomic E-state index is 12.4. The Hall–Kier alpha value is -2.12. The normalized spacial score (nSPS) is 11.4. The predicted molar refractivity (Wildman–Crippen MR) is 111 cm³/mol. The van der Waals surface area contributed by atoms with Gasteiger partial charge in [0, 0.05) is 11.3 Å². The summed E-state index contributed by atoms with van der Waals surface area (Å²) in [4.78, 5) is 12.4. The number of carbonyl (C=O) groups is 1. The summed E-state index contributed by atoms with van der Waals surface area (Å²) in [6, 6.07) is 12.4. The Morgan fingerprint density at radius 3 is 2.69 bits per heavy atom. The van der Waals surface area contributed by atoms with Gasteiger partial charge in [-0.15, -0.1) is 0 Å². The third-order valence-electron chi connectivity index (χ3n) is 3.65. The van der Waals surface area contributed by atoms with Crippen LogP contribution in [0.5, 0.6) is 11.5 Å². The van der Waals surface area contributed by atoms with Crippen molar-refractivity contribution in [2.24, 2.45) is 0 Å². The van der Waals surface area contributed by atoms with Gasteiger partial charge in [-0.1, -0.05) is 13.0 Å². The Morgan fingerprint density at radius 1 is 1.27 bits per heavy atom. The molecular formula is C19H21BrN2O3S. The molecule has 26 heavy (non-hydrogen) atoms. The Bertz CT molecular complexity index is 798. The molecular weight excluding hydrogens is 416 g/mol. The van der Waals surface area contributed by atoms with E-state index >= 15 is 0 Å². The van der Waals surface area contributed by atoms with E-state index in [-0.39, 0.29) is 17.1 Å². The van der Waals surface area contributed by atoms with Gasteiger partial charge >= 0.3 is 0 Å². The van der Waals surface area contributed by atoms with Gasteiger partial charge < -0.3 is 14.8 Å². The summed E-state index contributed by atoms with van der Waals surface area (Å²) in [5.74, 6) is 1.07. The topological polar surface area (TPSA) is 59.6 Å². The number of hydrogen-bond donors (Lipinski definition) is 2. The smallest absolute Gasteiger partial charge is 0.257 e. The summed E-state index contributed by atoms with van der Waals surface area (Å²) in [5, 5.41) is 5.85. The van der Waals surface area contributed by atoms with Crippen molar-refractivity contribution in [3.8, 4) is 11.5 Å². The number of amides is 1. The Morgan fingerprint density at radius 2 is 2.04 bits per heavy atom. The molecule has 0 fully saturated rings. The number of methoxy groups -OCH3 is 1. The molecule has 1 unspecified atom stereocenters. The number of ether oxygens (including phenoxy) is 2. The summed E-state index contributed by atoms with van der Waals surface area (Å²) in [6.07, 6.45) is 0.978. The number of anilines is 1. The lowest BCUT2D eigenvalue weighted by molar-refractivity contribution is 0.0977. The van der Waals surface area contributed by atoms with E-state index in [0.717, 1.165) is 16.6 Å². The van der Waals surface area contributed by atoms with E-state index < -0.39 is 0 Å². The molecule has 0 heterocycles. The van der Waals surface area contributed by atoms with Crippen LogP contribution in [0.3, 0.4) is 0 Å². The minimum Gasteiger partial charge on any atom is -0.496 e. The fourth-order valence-corrected chi connectivity index (χ4v) is 2.86. The van der Waals surface area contributed by atoms with Gasteiger partial charge in [0.2, 0.25) is 0 Å². The van der Waals surface area contributed by atoms with Gasteiger partial charge in [0.1, 0.15) is 11.5 Å². The van der Waals surface area contributed by atoms with E-state index in [4.69, 9.17) is 21.7 Å². The number of nitrogens with one attached hydrogen (secondary N) is 2. The molecule has 0 bridgehead atoms. The van der Waals surface area contributed by atoms with Crippen LogP contribution in [0, 0.1) is 0 Å². The minimum absolute atomic E-state index is 0.0876. The van der Waals surface area contributed by atoms with Crippen molar-refractivity contribution in [1.29, 1.82) is 0 Å². The standard InChI is InChI=1S/C19H21BrN2O3S/c1-4-12(2)25-15-7-5-6-13(10-15)18(23)22-19(26)21-14-8-9-17(24-3)16(20)11-14/h5-12H,4H2,1-3H3,(H2,21,22,23,26). The maximum atomic E-state index is 12.4. The number of hydrogen-bond acceptors (Lipinski definition) is 4. The van der Waals surface area contributed by atoms with E-state index in [9.17, 15) is 4.79 Å². The first-order valence-electron chi connectivity index (χ1n) is 8.15. The second-order valence-electron chi connectivity index (χ2n) is 5.62. The zero-order valence-corrected chi connectivity index (χ0v) is 17.2. The molecule has 2 aromatic rings. The molecule has 0 radical (unpaired) electrons. The molecule has 2 N–H and O–H groups in total. The Balaban J connectivity index is 1.99. The lowest BCUT2D eigenvalue weighted by Crippen LogP contribution is -2.34. The van der Waals surface area contributed by atoms with Gasteiger partial charge in [-0.25, -0.2) is 0 Å². The average Bonchev–Trinajstić information content (AvgIpc) is 2.61. The van der Waals surface area contributed by atoms with Crippen molar-refractivity contribution in [3.05, 3.63) is 52.5 Å². The lowest BCUT2D eigenvalue weighted by Gasteiger charge is -2.14. The highest BCUT2D eigenvalue weighted by molar-refractivity contribution is 9.10. The zero-order valence-electron chi connectivity index (χ0n) is 14.8. The van der Waals surface area contributed by atoms with Gasteiger partial charge in [0.25, 0.3) is 5.91 Å². The van der Waals surface area contributed by atoms with E-state index in [1.165, 1.54) is 0 Å². The number of rotatable bonds is 6. The molecule has 0 aromatic heterocycles. The van der Waals surface area contributed by atoms with Gasteiger partial charge in [-0.2, -0.15) is 0 Å². The highest BCUT2D eigenvalue weighted by atomic mass is 79.9. The first kappa shape index (κ1) is 20.2. The summed E-state index contributed by atoms with van der Waals surface area (Å²) in [6.45, 7) is 4.03. The second kappa shape index (κ2) is 9.54. The highest BCUT2D eigenvalue weighted by Gasteiger charge is 2.11. The average molecular weight is 437 g/mol. The van der Waals surface area contributed by atoms with Crippen molar-refractivity contribution < 1.29 is 14.3 Å². The van der Waals surface area contributed by atoms with Crippen molar-refractivity contribution >= 4 is 44.9 Å². The SMILES string of the molecule is CCC(C)Oc1cccc(C(=O)NC(=S)Nc2ccc(OC)c(Br)c2)c1. The quantitative estimate of drug-likeness (QED) is 0.639. The molecule has 5 nitrogen and oxygen atoms in total. The Kier molecular flexibility index (Phi) is 7.41. The fourth-order valence-electron chi connectivity index (χ4n) is 2.11. The molecule has 0 aliphatic rings. The number of thiocarbonyl (C=S) groups is 1. The summed E-state index contributed by atoms with van der Waals surface area (Å²) in [5.41, 5.74) is 1.21. The molecule has 2 rings (SSSR count). The van der Waals surface area contributed by atoms with Crippen LogP contribution in [0.1, 0.15) is 30.6 Å². The Labute approximate surface area is 167 Å². The second-order valence-corrected chi connectivity index (χ2v) is 6.88. The number of halogens is 1.